The molecule has 1 aromatic heterocycles. The molecule has 4 aromatic rings. The van der Waals surface area contributed by atoms with Gasteiger partial charge in [-0.15, -0.1) is 0 Å². The first-order chi connectivity index (χ1) is 18.1. The summed E-state index contributed by atoms with van der Waals surface area (Å²) >= 11 is 3.52. The van der Waals surface area contributed by atoms with Crippen molar-refractivity contribution < 1.29 is 22.6 Å². The number of ether oxygens (including phenoxy) is 2. The summed E-state index contributed by atoms with van der Waals surface area (Å²) in [5.41, 5.74) is -0.347. The zero-order chi connectivity index (χ0) is 27.4. The van der Waals surface area contributed by atoms with Crippen molar-refractivity contribution in [1.29, 1.82) is 0 Å². The van der Waals surface area contributed by atoms with Crippen molar-refractivity contribution in [2.24, 2.45) is 5.10 Å². The van der Waals surface area contributed by atoms with Crippen molar-refractivity contribution in [2.75, 3.05) is 6.61 Å². The minimum absolute atomic E-state index is 0.0195. The second-order valence-corrected chi connectivity index (χ2v) is 9.34. The third kappa shape index (κ3) is 5.91. The summed E-state index contributed by atoms with van der Waals surface area (Å²) in [5.74, 6) is 1.04. The van der Waals surface area contributed by atoms with Gasteiger partial charge in [0.2, 0.25) is 0 Å². The Morgan fingerprint density at radius 1 is 1.08 bits per heavy atom. The van der Waals surface area contributed by atoms with E-state index in [-0.39, 0.29) is 22.9 Å². The lowest BCUT2D eigenvalue weighted by Gasteiger charge is -2.17. The van der Waals surface area contributed by atoms with E-state index >= 15 is 0 Å². The Kier molecular flexibility index (Phi) is 8.20. The number of nitrogens with zero attached hydrogens (tertiary/aromatic N) is 3. The number of hydrogen-bond acceptors (Lipinski definition) is 5. The number of halogens is 4. The minimum atomic E-state index is -4.55. The van der Waals surface area contributed by atoms with Gasteiger partial charge in [0.1, 0.15) is 0 Å². The summed E-state index contributed by atoms with van der Waals surface area (Å²) in [6.45, 7) is 6.22. The van der Waals surface area contributed by atoms with Crippen molar-refractivity contribution in [3.8, 4) is 22.9 Å². The Balaban J connectivity index is 1.87. The van der Waals surface area contributed by atoms with E-state index in [2.05, 4.69) is 26.0 Å². The first-order valence-corrected chi connectivity index (χ1v) is 12.8. The highest BCUT2D eigenvalue weighted by atomic mass is 79.9. The Bertz CT molecular complexity index is 1550. The van der Waals surface area contributed by atoms with Crippen LogP contribution in [0.15, 0.2) is 75.0 Å². The van der Waals surface area contributed by atoms with Crippen LogP contribution in [0.5, 0.6) is 11.5 Å². The summed E-state index contributed by atoms with van der Waals surface area (Å²) in [5, 5.41) is 4.66. The number of para-hydroxylation sites is 1. The molecular weight excluding hydrogens is 563 g/mol. The van der Waals surface area contributed by atoms with Crippen LogP contribution in [0.4, 0.5) is 13.2 Å². The molecule has 1 heterocycles. The fraction of sp³-hybridized carbons (Fsp3) is 0.250. The van der Waals surface area contributed by atoms with Crippen molar-refractivity contribution in [3.63, 3.8) is 0 Å². The standard InChI is InChI=1S/C28H25BrF3N3O3/c1-4-17(3)38-25-15-22(29)19(14-24(25)37-5-2)16-33-35-26(18-9-8-10-20(13-18)28(30,31)32)34-23-12-7-6-11-21(23)27(35)36/h6-17H,4-5H2,1-3H3/t17-/m0/s1. The minimum Gasteiger partial charge on any atom is -0.490 e. The van der Waals surface area contributed by atoms with Crippen molar-refractivity contribution in [1.82, 2.24) is 9.66 Å². The number of rotatable bonds is 8. The lowest BCUT2D eigenvalue weighted by Crippen LogP contribution is -2.20. The SMILES string of the molecule is CCOc1cc(C=Nn2c(-c3cccc(C(F)(F)F)c3)nc3ccccc3c2=O)c(Br)cc1O[C@@H](C)CC. The molecule has 1 atom stereocenters. The van der Waals surface area contributed by atoms with E-state index in [1.807, 2.05) is 20.8 Å². The average Bonchev–Trinajstić information content (AvgIpc) is 2.89. The highest BCUT2D eigenvalue weighted by Gasteiger charge is 2.31. The predicted molar refractivity (Wildman–Crippen MR) is 145 cm³/mol. The lowest BCUT2D eigenvalue weighted by molar-refractivity contribution is -0.137. The maximum Gasteiger partial charge on any atom is 0.416 e. The first-order valence-electron chi connectivity index (χ1n) is 12.0. The van der Waals surface area contributed by atoms with Crippen LogP contribution in [0, 0.1) is 0 Å². The molecule has 38 heavy (non-hydrogen) atoms. The van der Waals surface area contributed by atoms with Crippen LogP contribution in [0.3, 0.4) is 0 Å². The smallest absolute Gasteiger partial charge is 0.416 e. The molecule has 0 radical (unpaired) electrons. The largest absolute Gasteiger partial charge is 0.490 e. The van der Waals surface area contributed by atoms with Crippen LogP contribution in [0.2, 0.25) is 0 Å². The topological polar surface area (TPSA) is 65.7 Å². The third-order valence-electron chi connectivity index (χ3n) is 5.78. The van der Waals surface area contributed by atoms with Gasteiger partial charge in [0.05, 0.1) is 35.4 Å². The van der Waals surface area contributed by atoms with Crippen molar-refractivity contribution >= 4 is 33.0 Å². The second-order valence-electron chi connectivity index (χ2n) is 8.48. The quantitative estimate of drug-likeness (QED) is 0.203. The van der Waals surface area contributed by atoms with Crippen molar-refractivity contribution in [3.05, 3.63) is 86.6 Å². The number of aromatic nitrogens is 2. The Hall–Kier alpha value is -3.66. The van der Waals surface area contributed by atoms with Crippen LogP contribution >= 0.6 is 15.9 Å². The second kappa shape index (κ2) is 11.4. The first kappa shape index (κ1) is 27.4. The molecular formula is C28H25BrF3N3O3. The van der Waals surface area contributed by atoms with Gasteiger partial charge >= 0.3 is 6.18 Å². The summed E-state index contributed by atoms with van der Waals surface area (Å²) < 4.78 is 53.6. The van der Waals surface area contributed by atoms with E-state index in [9.17, 15) is 18.0 Å². The van der Waals surface area contributed by atoms with Crippen LogP contribution in [0.1, 0.15) is 38.3 Å². The molecule has 0 N–H and O–H groups in total. The zero-order valence-corrected chi connectivity index (χ0v) is 22.5. The van der Waals surface area contributed by atoms with Crippen LogP contribution in [-0.2, 0) is 6.18 Å². The highest BCUT2D eigenvalue weighted by Crippen LogP contribution is 2.35. The third-order valence-corrected chi connectivity index (χ3v) is 6.47. The normalized spacial score (nSPS) is 12.7. The van der Waals surface area contributed by atoms with Gasteiger partial charge in [-0.05, 0) is 72.6 Å². The Labute approximate surface area is 225 Å². The van der Waals surface area contributed by atoms with Gasteiger partial charge in [-0.3, -0.25) is 4.79 Å². The van der Waals surface area contributed by atoms with Crippen LogP contribution < -0.4 is 15.0 Å². The van der Waals surface area contributed by atoms with Gasteiger partial charge < -0.3 is 9.47 Å². The van der Waals surface area contributed by atoms with E-state index in [0.717, 1.165) is 23.2 Å². The molecule has 0 aliphatic carbocycles. The Morgan fingerprint density at radius 2 is 1.84 bits per heavy atom. The fourth-order valence-electron chi connectivity index (χ4n) is 3.68. The molecule has 0 saturated heterocycles. The van der Waals surface area contributed by atoms with E-state index in [4.69, 9.17) is 9.47 Å². The van der Waals surface area contributed by atoms with Gasteiger partial charge in [0.15, 0.2) is 17.3 Å². The summed E-state index contributed by atoms with van der Waals surface area (Å²) in [7, 11) is 0. The van der Waals surface area contributed by atoms with Gasteiger partial charge in [-0.25, -0.2) is 4.98 Å². The molecule has 10 heteroatoms. The van der Waals surface area contributed by atoms with Gasteiger partial charge in [-0.2, -0.15) is 22.9 Å². The molecule has 198 valence electrons. The molecule has 0 unspecified atom stereocenters. The summed E-state index contributed by atoms with van der Waals surface area (Å²) in [4.78, 5) is 17.9. The number of alkyl halides is 3. The lowest BCUT2D eigenvalue weighted by atomic mass is 10.1. The van der Waals surface area contributed by atoms with Gasteiger partial charge in [-0.1, -0.05) is 31.2 Å². The Morgan fingerprint density at radius 3 is 2.55 bits per heavy atom. The molecule has 6 nitrogen and oxygen atoms in total. The van der Waals surface area contributed by atoms with Crippen LogP contribution in [0.25, 0.3) is 22.3 Å². The number of benzene rings is 3. The maximum atomic E-state index is 13.4. The molecule has 0 amide bonds. The van der Waals surface area contributed by atoms with E-state index in [1.165, 1.54) is 18.3 Å². The van der Waals surface area contributed by atoms with E-state index in [0.29, 0.717) is 33.7 Å². The number of hydrogen-bond donors (Lipinski definition) is 0. The van der Waals surface area contributed by atoms with E-state index in [1.54, 1.807) is 36.4 Å². The molecule has 0 bridgehead atoms. The summed E-state index contributed by atoms with van der Waals surface area (Å²) in [6, 6.07) is 14.7. The van der Waals surface area contributed by atoms with E-state index < -0.39 is 17.3 Å². The molecule has 0 spiro atoms. The monoisotopic (exact) mass is 587 g/mol. The van der Waals surface area contributed by atoms with Gasteiger partial charge in [0.25, 0.3) is 5.56 Å². The molecule has 0 fully saturated rings. The summed E-state index contributed by atoms with van der Waals surface area (Å²) in [6.07, 6.45) is -2.35. The molecule has 0 saturated carbocycles. The predicted octanol–water partition coefficient (Wildman–Crippen LogP) is 7.30. The van der Waals surface area contributed by atoms with Crippen LogP contribution in [-0.4, -0.2) is 28.6 Å². The molecule has 4 rings (SSSR count). The zero-order valence-electron chi connectivity index (χ0n) is 20.9. The average molecular weight is 588 g/mol. The maximum absolute atomic E-state index is 13.4. The molecule has 0 aliphatic heterocycles. The molecule has 0 aliphatic rings. The molecule has 3 aromatic carbocycles. The highest BCUT2D eigenvalue weighted by molar-refractivity contribution is 9.10. The van der Waals surface area contributed by atoms with Crippen molar-refractivity contribution in [2.45, 2.75) is 39.5 Å². The fourth-order valence-corrected chi connectivity index (χ4v) is 4.11. The van der Waals surface area contributed by atoms with Gasteiger partial charge in [0, 0.05) is 15.6 Å². The number of fused-ring (bicyclic) bond motifs is 1.